The van der Waals surface area contributed by atoms with E-state index in [-0.39, 0.29) is 11.6 Å². The van der Waals surface area contributed by atoms with Gasteiger partial charge in [0.05, 0.1) is 11.1 Å². The number of fused-ring (bicyclic) bond motifs is 1. The minimum Gasteiger partial charge on any atom is -0.294 e. The van der Waals surface area contributed by atoms with Gasteiger partial charge in [-0.3, -0.25) is 9.59 Å². The van der Waals surface area contributed by atoms with Crippen molar-refractivity contribution in [3.8, 4) is 0 Å². The fourth-order valence-corrected chi connectivity index (χ4v) is 2.31. The molecule has 0 unspecified atom stereocenters. The summed E-state index contributed by atoms with van der Waals surface area (Å²) in [6, 6.07) is 11.2. The van der Waals surface area contributed by atoms with Gasteiger partial charge in [-0.2, -0.15) is 0 Å². The lowest BCUT2D eigenvalue weighted by Gasteiger charge is -2.10. The molecule has 19 heavy (non-hydrogen) atoms. The number of rotatable bonds is 2. The minimum absolute atomic E-state index is 0.0637. The van der Waals surface area contributed by atoms with Gasteiger partial charge in [0.25, 0.3) is 0 Å². The predicted octanol–water partition coefficient (Wildman–Crippen LogP) is 3.10. The monoisotopic (exact) mass is 251 g/mol. The summed E-state index contributed by atoms with van der Waals surface area (Å²) in [6.45, 7) is 0. The van der Waals surface area contributed by atoms with E-state index >= 15 is 0 Å². The molecule has 3 rings (SSSR count). The van der Waals surface area contributed by atoms with Crippen molar-refractivity contribution in [3.63, 3.8) is 0 Å². The highest BCUT2D eigenvalue weighted by Crippen LogP contribution is 2.19. The summed E-state index contributed by atoms with van der Waals surface area (Å²) >= 11 is 0. The van der Waals surface area contributed by atoms with Gasteiger partial charge in [-0.1, -0.05) is 30.3 Å². The topological polar surface area (TPSA) is 47.0 Å². The lowest BCUT2D eigenvalue weighted by Crippen LogP contribution is -2.17. The number of benzene rings is 1. The summed E-state index contributed by atoms with van der Waals surface area (Å²) in [5.74, 6) is -0.318. The number of hydrogen-bond donors (Lipinski definition) is 0. The fourth-order valence-electron chi connectivity index (χ4n) is 2.31. The number of carbonyl (C=O) groups is 2. The average Bonchev–Trinajstić information content (AvgIpc) is 2.46. The van der Waals surface area contributed by atoms with Gasteiger partial charge in [0, 0.05) is 11.8 Å². The zero-order valence-electron chi connectivity index (χ0n) is 10.4. The third-order valence-corrected chi connectivity index (χ3v) is 3.33. The molecule has 3 heteroatoms. The summed E-state index contributed by atoms with van der Waals surface area (Å²) in [4.78, 5) is 28.4. The highest BCUT2D eigenvalue weighted by Gasteiger charge is 2.22. The van der Waals surface area contributed by atoms with Gasteiger partial charge in [-0.25, -0.2) is 4.98 Å². The average molecular weight is 251 g/mol. The second-order valence-electron chi connectivity index (χ2n) is 4.65. The molecule has 94 valence electrons. The molecule has 0 aliphatic heterocycles. The standard InChI is InChI=1S/C16H13NO2/c18-15-8-4-2-6-12(15)16(19)14-10-9-11-5-1-3-7-13(11)17-14/h1,3,5-7,9-10H,2,4,8H2. The van der Waals surface area contributed by atoms with Crippen LogP contribution in [-0.2, 0) is 4.79 Å². The van der Waals surface area contributed by atoms with Crippen LogP contribution in [0.2, 0.25) is 0 Å². The lowest BCUT2D eigenvalue weighted by atomic mass is 9.93. The molecule has 0 bridgehead atoms. The Hall–Kier alpha value is -2.29. The first kappa shape index (κ1) is 11.8. The van der Waals surface area contributed by atoms with Crippen molar-refractivity contribution in [2.75, 3.05) is 0 Å². The molecule has 1 heterocycles. The van der Waals surface area contributed by atoms with Crippen LogP contribution in [0.5, 0.6) is 0 Å². The summed E-state index contributed by atoms with van der Waals surface area (Å²) in [5.41, 5.74) is 1.42. The predicted molar refractivity (Wildman–Crippen MR) is 73.0 cm³/mol. The number of ketones is 2. The van der Waals surface area contributed by atoms with Gasteiger partial charge in [-0.05, 0) is 25.0 Å². The third kappa shape index (κ3) is 2.19. The third-order valence-electron chi connectivity index (χ3n) is 3.33. The molecule has 0 fully saturated rings. The maximum absolute atomic E-state index is 12.3. The van der Waals surface area contributed by atoms with Crippen LogP contribution < -0.4 is 0 Å². The molecule has 0 atom stereocenters. The Morgan fingerprint density at radius 3 is 2.79 bits per heavy atom. The van der Waals surface area contributed by atoms with E-state index in [0.717, 1.165) is 23.7 Å². The van der Waals surface area contributed by atoms with E-state index in [1.54, 1.807) is 12.1 Å². The molecule has 2 aromatic rings. The fraction of sp³-hybridized carbons (Fsp3) is 0.188. The first-order valence-electron chi connectivity index (χ1n) is 6.39. The molecule has 1 aromatic carbocycles. The van der Waals surface area contributed by atoms with E-state index in [1.165, 1.54) is 0 Å². The molecule has 0 saturated carbocycles. The van der Waals surface area contributed by atoms with Crippen LogP contribution in [0.4, 0.5) is 0 Å². The van der Waals surface area contributed by atoms with Crippen molar-refractivity contribution in [1.29, 1.82) is 0 Å². The Labute approximate surface area is 111 Å². The number of aromatic nitrogens is 1. The van der Waals surface area contributed by atoms with Crippen molar-refractivity contribution >= 4 is 22.5 Å². The molecule has 1 aromatic heterocycles. The smallest absolute Gasteiger partial charge is 0.214 e. The van der Waals surface area contributed by atoms with E-state index in [0.29, 0.717) is 17.7 Å². The summed E-state index contributed by atoms with van der Waals surface area (Å²) < 4.78 is 0. The second-order valence-corrected chi connectivity index (χ2v) is 4.65. The van der Waals surface area contributed by atoms with Crippen LogP contribution in [0, 0.1) is 0 Å². The first-order valence-corrected chi connectivity index (χ1v) is 6.39. The van der Waals surface area contributed by atoms with Gasteiger partial charge in [0.2, 0.25) is 5.78 Å². The van der Waals surface area contributed by atoms with Gasteiger partial charge in [0.1, 0.15) is 5.69 Å². The zero-order valence-corrected chi connectivity index (χ0v) is 10.4. The van der Waals surface area contributed by atoms with Crippen molar-refractivity contribution in [3.05, 3.63) is 53.7 Å². The van der Waals surface area contributed by atoms with Crippen LogP contribution in [0.15, 0.2) is 48.0 Å². The van der Waals surface area contributed by atoms with Crippen molar-refractivity contribution in [2.24, 2.45) is 0 Å². The Morgan fingerprint density at radius 2 is 1.95 bits per heavy atom. The van der Waals surface area contributed by atoms with E-state index in [2.05, 4.69) is 4.98 Å². The largest absolute Gasteiger partial charge is 0.294 e. The molecule has 0 N–H and O–H groups in total. The number of hydrogen-bond acceptors (Lipinski definition) is 3. The van der Waals surface area contributed by atoms with E-state index in [1.807, 2.05) is 30.3 Å². The van der Waals surface area contributed by atoms with Crippen LogP contribution in [0.25, 0.3) is 10.9 Å². The van der Waals surface area contributed by atoms with Crippen molar-refractivity contribution in [2.45, 2.75) is 19.3 Å². The molecule has 3 nitrogen and oxygen atoms in total. The number of allylic oxidation sites excluding steroid dienone is 2. The van der Waals surface area contributed by atoms with Gasteiger partial charge < -0.3 is 0 Å². The Morgan fingerprint density at radius 1 is 1.11 bits per heavy atom. The Balaban J connectivity index is 2.02. The summed E-state index contributed by atoms with van der Waals surface area (Å²) in [6.07, 6.45) is 3.83. The van der Waals surface area contributed by atoms with Crippen LogP contribution in [0.1, 0.15) is 29.8 Å². The van der Waals surface area contributed by atoms with E-state index in [4.69, 9.17) is 0 Å². The normalized spacial score (nSPS) is 15.4. The number of carbonyl (C=O) groups excluding carboxylic acids is 2. The number of para-hydroxylation sites is 1. The highest BCUT2D eigenvalue weighted by atomic mass is 16.1. The molecule has 0 spiro atoms. The number of pyridine rings is 1. The van der Waals surface area contributed by atoms with Gasteiger partial charge in [0.15, 0.2) is 5.78 Å². The first-order chi connectivity index (χ1) is 9.25. The maximum atomic E-state index is 12.3. The van der Waals surface area contributed by atoms with Crippen molar-refractivity contribution < 1.29 is 9.59 Å². The molecule has 0 saturated heterocycles. The second kappa shape index (κ2) is 4.76. The molecule has 1 aliphatic carbocycles. The molecular formula is C16H13NO2. The molecular weight excluding hydrogens is 238 g/mol. The highest BCUT2D eigenvalue weighted by molar-refractivity contribution is 6.26. The summed E-state index contributed by atoms with van der Waals surface area (Å²) in [7, 11) is 0. The van der Waals surface area contributed by atoms with E-state index < -0.39 is 0 Å². The molecule has 0 amide bonds. The van der Waals surface area contributed by atoms with Crippen LogP contribution >= 0.6 is 0 Å². The van der Waals surface area contributed by atoms with Gasteiger partial charge >= 0.3 is 0 Å². The number of nitrogens with zero attached hydrogens (tertiary/aromatic N) is 1. The quantitative estimate of drug-likeness (QED) is 0.608. The zero-order chi connectivity index (χ0) is 13.2. The minimum atomic E-state index is -0.254. The molecule has 0 radical (unpaired) electrons. The molecule has 1 aliphatic rings. The maximum Gasteiger partial charge on any atom is 0.214 e. The Bertz CT molecular complexity index is 701. The van der Waals surface area contributed by atoms with Crippen LogP contribution in [0.3, 0.4) is 0 Å². The number of Topliss-reactive ketones (excluding diaryl/α,β-unsaturated/α-hetero) is 2. The van der Waals surface area contributed by atoms with E-state index in [9.17, 15) is 9.59 Å². The van der Waals surface area contributed by atoms with Crippen LogP contribution in [-0.4, -0.2) is 16.6 Å². The lowest BCUT2D eigenvalue weighted by molar-refractivity contribution is -0.115. The van der Waals surface area contributed by atoms with Gasteiger partial charge in [-0.15, -0.1) is 0 Å². The van der Waals surface area contributed by atoms with Crippen molar-refractivity contribution in [1.82, 2.24) is 4.98 Å². The summed E-state index contributed by atoms with van der Waals surface area (Å²) in [5, 5.41) is 0.989. The Kier molecular flexibility index (Phi) is 2.95. The SMILES string of the molecule is O=C1CCCC=C1C(=O)c1ccc2ccccc2n1.